The van der Waals surface area contributed by atoms with Crippen molar-refractivity contribution in [2.45, 2.75) is 33.4 Å². The summed E-state index contributed by atoms with van der Waals surface area (Å²) in [6.07, 6.45) is 1.62. The number of benzene rings is 3. The number of hydrogen-bond acceptors (Lipinski definition) is 8. The molecular formula is C34H30N2O6S. The Morgan fingerprint density at radius 3 is 2.28 bits per heavy atom. The van der Waals surface area contributed by atoms with Gasteiger partial charge >= 0.3 is 5.91 Å². The minimum Gasteiger partial charge on any atom is -0.507 e. The molecule has 1 saturated heterocycles. The van der Waals surface area contributed by atoms with Gasteiger partial charge in [-0.1, -0.05) is 60.4 Å². The third-order valence-corrected chi connectivity index (χ3v) is 8.36. The molecule has 1 aliphatic heterocycles. The van der Waals surface area contributed by atoms with Gasteiger partial charge in [0.25, 0.3) is 5.78 Å². The van der Waals surface area contributed by atoms with Gasteiger partial charge in [-0.15, -0.1) is 0 Å². The second-order valence-electron chi connectivity index (χ2n) is 10.0. The van der Waals surface area contributed by atoms with Crippen LogP contribution in [0.5, 0.6) is 11.5 Å². The predicted molar refractivity (Wildman–Crippen MR) is 166 cm³/mol. The summed E-state index contributed by atoms with van der Waals surface area (Å²) in [7, 11) is 0. The summed E-state index contributed by atoms with van der Waals surface area (Å²) < 4.78 is 11.5. The fraction of sp³-hybridized carbons (Fsp3) is 0.176. The number of aryl methyl sites for hydroxylation is 2. The van der Waals surface area contributed by atoms with E-state index in [0.29, 0.717) is 46.4 Å². The van der Waals surface area contributed by atoms with Crippen molar-refractivity contribution in [3.63, 3.8) is 0 Å². The second kappa shape index (κ2) is 12.5. The molecule has 0 spiro atoms. The monoisotopic (exact) mass is 594 g/mol. The van der Waals surface area contributed by atoms with Gasteiger partial charge in [-0.05, 0) is 66.9 Å². The summed E-state index contributed by atoms with van der Waals surface area (Å²) in [5.41, 5.74) is 3.45. The van der Waals surface area contributed by atoms with Crippen molar-refractivity contribution in [1.82, 2.24) is 4.98 Å². The Balaban J connectivity index is 1.53. The topological polar surface area (TPSA) is 106 Å². The van der Waals surface area contributed by atoms with Crippen molar-refractivity contribution >= 4 is 39.7 Å². The van der Waals surface area contributed by atoms with E-state index in [-0.39, 0.29) is 22.2 Å². The number of ether oxygens (including phenoxy) is 2. The molecule has 218 valence electrons. The molecule has 0 radical (unpaired) electrons. The number of Topliss-reactive ketones (excluding diaryl/α,β-unsaturated/α-hetero) is 2. The molecule has 1 fully saturated rings. The lowest BCUT2D eigenvalue weighted by Gasteiger charge is -2.23. The van der Waals surface area contributed by atoms with E-state index in [4.69, 9.17) is 9.47 Å². The van der Waals surface area contributed by atoms with E-state index < -0.39 is 17.7 Å². The van der Waals surface area contributed by atoms with E-state index >= 15 is 0 Å². The molecule has 2 heterocycles. The fourth-order valence-electron chi connectivity index (χ4n) is 4.86. The van der Waals surface area contributed by atoms with E-state index in [1.165, 1.54) is 11.8 Å². The Morgan fingerprint density at radius 2 is 1.65 bits per heavy atom. The van der Waals surface area contributed by atoms with Crippen LogP contribution in [-0.4, -0.2) is 34.2 Å². The van der Waals surface area contributed by atoms with Crippen LogP contribution in [0, 0.1) is 13.8 Å². The highest BCUT2D eigenvalue weighted by molar-refractivity contribution is 7.18. The summed E-state index contributed by atoms with van der Waals surface area (Å²) in [6, 6.07) is 20.5. The zero-order valence-corrected chi connectivity index (χ0v) is 24.8. The van der Waals surface area contributed by atoms with Crippen LogP contribution >= 0.6 is 11.3 Å². The lowest BCUT2D eigenvalue weighted by atomic mass is 9.95. The molecule has 1 atom stereocenters. The number of aromatic nitrogens is 1. The third kappa shape index (κ3) is 5.98. The van der Waals surface area contributed by atoms with Crippen LogP contribution in [0.4, 0.5) is 5.13 Å². The molecule has 1 aromatic heterocycles. The summed E-state index contributed by atoms with van der Waals surface area (Å²) in [6.45, 7) is 9.46. The minimum absolute atomic E-state index is 0.0874. The number of carbonyl (C=O) groups excluding carboxylic acids is 3. The summed E-state index contributed by atoms with van der Waals surface area (Å²) >= 11 is 1.04. The lowest BCUT2D eigenvalue weighted by molar-refractivity contribution is -0.132. The fourth-order valence-corrected chi connectivity index (χ4v) is 5.85. The van der Waals surface area contributed by atoms with E-state index in [0.717, 1.165) is 22.5 Å². The number of aliphatic hydroxyl groups excluding tert-OH is 1. The van der Waals surface area contributed by atoms with Gasteiger partial charge in [-0.25, -0.2) is 4.98 Å². The molecular weight excluding hydrogens is 564 g/mol. The van der Waals surface area contributed by atoms with E-state index in [1.54, 1.807) is 61.5 Å². The van der Waals surface area contributed by atoms with E-state index in [2.05, 4.69) is 11.6 Å². The highest BCUT2D eigenvalue weighted by Gasteiger charge is 2.48. The molecule has 1 N–H and O–H groups in total. The Labute approximate surface area is 253 Å². The van der Waals surface area contributed by atoms with Crippen LogP contribution in [0.2, 0.25) is 0 Å². The molecule has 43 heavy (non-hydrogen) atoms. The molecule has 1 aliphatic rings. The quantitative estimate of drug-likeness (QED) is 0.0713. The first kappa shape index (κ1) is 29.5. The largest absolute Gasteiger partial charge is 0.507 e. The van der Waals surface area contributed by atoms with Crippen molar-refractivity contribution < 1.29 is 29.0 Å². The van der Waals surface area contributed by atoms with Gasteiger partial charge in [0, 0.05) is 12.5 Å². The van der Waals surface area contributed by atoms with Crippen LogP contribution in [0.3, 0.4) is 0 Å². The van der Waals surface area contributed by atoms with Crippen LogP contribution in [-0.2, 0) is 16.2 Å². The maximum Gasteiger partial charge on any atom is 0.301 e. The Bertz CT molecular complexity index is 1740. The van der Waals surface area contributed by atoms with Gasteiger partial charge in [0.2, 0.25) is 0 Å². The summed E-state index contributed by atoms with van der Waals surface area (Å²) in [5.74, 6) is -1.06. The van der Waals surface area contributed by atoms with Gasteiger partial charge in [-0.3, -0.25) is 19.3 Å². The molecule has 1 unspecified atom stereocenters. The zero-order valence-electron chi connectivity index (χ0n) is 24.0. The Kier molecular flexibility index (Phi) is 8.54. The third-order valence-electron chi connectivity index (χ3n) is 7.10. The number of carbonyl (C=O) groups is 3. The van der Waals surface area contributed by atoms with Crippen LogP contribution < -0.4 is 14.4 Å². The Hall–Kier alpha value is -5.02. The number of anilines is 1. The number of rotatable bonds is 10. The van der Waals surface area contributed by atoms with Crippen molar-refractivity contribution in [3.8, 4) is 11.5 Å². The van der Waals surface area contributed by atoms with Crippen LogP contribution in [0.25, 0.3) is 5.76 Å². The van der Waals surface area contributed by atoms with Gasteiger partial charge < -0.3 is 14.6 Å². The zero-order chi connectivity index (χ0) is 30.7. The van der Waals surface area contributed by atoms with Gasteiger partial charge in [0.1, 0.15) is 30.5 Å². The molecule has 0 bridgehead atoms. The smallest absolute Gasteiger partial charge is 0.301 e. The first-order chi connectivity index (χ1) is 20.7. The van der Waals surface area contributed by atoms with Gasteiger partial charge in [0.05, 0.1) is 22.2 Å². The number of ketones is 2. The molecule has 4 aromatic rings. The highest BCUT2D eigenvalue weighted by Crippen LogP contribution is 2.44. The Morgan fingerprint density at radius 1 is 1.00 bits per heavy atom. The molecule has 1 amide bonds. The normalized spacial score (nSPS) is 15.9. The number of aliphatic hydroxyl groups is 1. The van der Waals surface area contributed by atoms with E-state index in [9.17, 15) is 19.5 Å². The van der Waals surface area contributed by atoms with Crippen LogP contribution in [0.15, 0.2) is 91.0 Å². The minimum atomic E-state index is -0.990. The number of amides is 1. The van der Waals surface area contributed by atoms with Crippen molar-refractivity contribution in [1.29, 1.82) is 0 Å². The number of thiazole rings is 1. The predicted octanol–water partition coefficient (Wildman–Crippen LogP) is 6.73. The first-order valence-electron chi connectivity index (χ1n) is 13.6. The maximum absolute atomic E-state index is 13.5. The van der Waals surface area contributed by atoms with Crippen molar-refractivity contribution in [2.24, 2.45) is 0 Å². The number of hydrogen-bond donors (Lipinski definition) is 1. The van der Waals surface area contributed by atoms with Crippen molar-refractivity contribution in [2.75, 3.05) is 11.5 Å². The van der Waals surface area contributed by atoms with Gasteiger partial charge in [0.15, 0.2) is 10.9 Å². The second-order valence-corrected chi connectivity index (χ2v) is 11.0. The highest BCUT2D eigenvalue weighted by atomic mass is 32.1. The maximum atomic E-state index is 13.5. The molecule has 8 nitrogen and oxygen atoms in total. The van der Waals surface area contributed by atoms with Crippen LogP contribution in [0.1, 0.15) is 50.6 Å². The SMILES string of the molecule is C=CCOc1ccc(C2/C(=C(\O)c3ccc(OCc4ccccc4C)cc3)C(=O)C(=O)N2c2nc(C)c(C(C)=O)s2)cc1. The van der Waals surface area contributed by atoms with E-state index in [1.807, 2.05) is 31.2 Å². The number of nitrogens with zero attached hydrogens (tertiary/aromatic N) is 2. The lowest BCUT2D eigenvalue weighted by Crippen LogP contribution is -2.29. The summed E-state index contributed by atoms with van der Waals surface area (Å²) in [5, 5.41) is 11.7. The molecule has 9 heteroatoms. The average Bonchev–Trinajstić information content (AvgIpc) is 3.52. The van der Waals surface area contributed by atoms with Crippen molar-refractivity contribution in [3.05, 3.63) is 124 Å². The standard InChI is InChI=1S/C34H30N2O6S/c1-5-18-41-26-14-10-23(11-15-26)29-28(31(39)33(40)36(29)34-35-21(3)32(43-34)22(4)37)30(38)24-12-16-27(17-13-24)42-19-25-9-7-6-8-20(25)2/h5-17,29,38H,1,18-19H2,2-4H3/b30-28+. The summed E-state index contributed by atoms with van der Waals surface area (Å²) in [4.78, 5) is 45.3. The molecule has 0 aliphatic carbocycles. The molecule has 3 aromatic carbocycles. The molecule has 5 rings (SSSR count). The average molecular weight is 595 g/mol. The van der Waals surface area contributed by atoms with Gasteiger partial charge in [-0.2, -0.15) is 0 Å². The molecule has 0 saturated carbocycles. The first-order valence-corrected chi connectivity index (χ1v) is 14.4.